The minimum atomic E-state index is -0.133. The molecule has 0 aromatic heterocycles. The largest absolute Gasteiger partial charge is 0.378 e. The standard InChI is InChI=1S/C24H26O/c1-23-16-20(14-18-10-6-4-7-11-18)22(24(2,17-23)25-3)15-21(23)19-12-8-5-9-13-19/h4-13,15-16,22H,14,17H2,1-3H3/t22-,23+,24-/m0/s1. The average molecular weight is 330 g/mol. The van der Waals surface area contributed by atoms with E-state index in [9.17, 15) is 0 Å². The van der Waals surface area contributed by atoms with Crippen molar-refractivity contribution in [2.75, 3.05) is 7.11 Å². The van der Waals surface area contributed by atoms with Crippen molar-refractivity contribution in [3.63, 3.8) is 0 Å². The van der Waals surface area contributed by atoms with Crippen molar-refractivity contribution in [1.29, 1.82) is 0 Å². The van der Waals surface area contributed by atoms with Crippen LogP contribution in [0.5, 0.6) is 0 Å². The van der Waals surface area contributed by atoms with Gasteiger partial charge in [0.05, 0.1) is 5.60 Å². The molecule has 0 spiro atoms. The first kappa shape index (κ1) is 16.4. The van der Waals surface area contributed by atoms with E-state index in [2.05, 4.69) is 86.7 Å². The number of ether oxygens (including phenoxy) is 1. The molecule has 0 radical (unpaired) electrons. The number of allylic oxidation sites excluding steroid dienone is 2. The minimum Gasteiger partial charge on any atom is -0.378 e. The summed E-state index contributed by atoms with van der Waals surface area (Å²) in [5.74, 6) is 0.328. The van der Waals surface area contributed by atoms with Gasteiger partial charge >= 0.3 is 0 Å². The molecule has 2 bridgehead atoms. The molecule has 3 aliphatic carbocycles. The second kappa shape index (κ2) is 6.00. The molecular formula is C24H26O. The molecule has 5 rings (SSSR count). The Bertz CT molecular complexity index is 818. The summed E-state index contributed by atoms with van der Waals surface area (Å²) in [4.78, 5) is 0. The molecule has 25 heavy (non-hydrogen) atoms. The third kappa shape index (κ3) is 2.77. The molecule has 1 nitrogen and oxygen atoms in total. The van der Waals surface area contributed by atoms with Gasteiger partial charge in [0, 0.05) is 18.4 Å². The van der Waals surface area contributed by atoms with Gasteiger partial charge in [-0.3, -0.25) is 0 Å². The van der Waals surface area contributed by atoms with Crippen molar-refractivity contribution in [3.05, 3.63) is 89.5 Å². The summed E-state index contributed by atoms with van der Waals surface area (Å²) in [6.07, 6.45) is 7.02. The van der Waals surface area contributed by atoms with Crippen molar-refractivity contribution in [2.45, 2.75) is 32.3 Å². The first-order valence-corrected chi connectivity index (χ1v) is 9.12. The first-order valence-electron chi connectivity index (χ1n) is 9.12. The lowest BCUT2D eigenvalue weighted by atomic mass is 9.55. The molecule has 2 aromatic rings. The van der Waals surface area contributed by atoms with Gasteiger partial charge in [0.15, 0.2) is 0 Å². The molecule has 3 aliphatic rings. The normalized spacial score (nSPS) is 30.8. The number of fused-ring (bicyclic) bond motifs is 1. The van der Waals surface area contributed by atoms with Crippen LogP contribution < -0.4 is 0 Å². The molecule has 0 saturated heterocycles. The third-order valence-corrected chi connectivity index (χ3v) is 6.03. The van der Waals surface area contributed by atoms with Crippen LogP contribution in [0.3, 0.4) is 0 Å². The highest BCUT2D eigenvalue weighted by atomic mass is 16.5. The van der Waals surface area contributed by atoms with E-state index >= 15 is 0 Å². The summed E-state index contributed by atoms with van der Waals surface area (Å²) < 4.78 is 6.04. The zero-order valence-electron chi connectivity index (χ0n) is 15.3. The number of rotatable bonds is 4. The topological polar surface area (TPSA) is 9.23 Å². The van der Waals surface area contributed by atoms with Crippen LogP contribution in [0, 0.1) is 11.3 Å². The number of hydrogen-bond acceptors (Lipinski definition) is 1. The second-order valence-corrected chi connectivity index (χ2v) is 7.92. The van der Waals surface area contributed by atoms with Gasteiger partial charge in [0.1, 0.15) is 0 Å². The lowest BCUT2D eigenvalue weighted by Crippen LogP contribution is -2.49. The summed E-state index contributed by atoms with van der Waals surface area (Å²) >= 11 is 0. The lowest BCUT2D eigenvalue weighted by Gasteiger charge is -2.52. The van der Waals surface area contributed by atoms with Crippen molar-refractivity contribution in [2.24, 2.45) is 11.3 Å². The van der Waals surface area contributed by atoms with E-state index in [0.29, 0.717) is 5.92 Å². The van der Waals surface area contributed by atoms with Gasteiger partial charge in [-0.05, 0) is 36.5 Å². The SMILES string of the molecule is CO[C@@]1(C)C[C@@]2(C)C=C(Cc3ccccc3)[C@@H]1C=C2c1ccccc1. The Balaban J connectivity index is 1.76. The van der Waals surface area contributed by atoms with E-state index in [1.807, 2.05) is 7.11 Å². The zero-order chi connectivity index (χ0) is 17.5. The predicted octanol–water partition coefficient (Wildman–Crippen LogP) is 5.68. The van der Waals surface area contributed by atoms with E-state index in [4.69, 9.17) is 4.74 Å². The van der Waals surface area contributed by atoms with Gasteiger partial charge in [-0.15, -0.1) is 0 Å². The van der Waals surface area contributed by atoms with E-state index < -0.39 is 0 Å². The highest BCUT2D eigenvalue weighted by Gasteiger charge is 2.51. The van der Waals surface area contributed by atoms with Crippen LogP contribution in [0.15, 0.2) is 78.4 Å². The molecule has 0 N–H and O–H groups in total. The quantitative estimate of drug-likeness (QED) is 0.655. The average Bonchev–Trinajstić information content (AvgIpc) is 2.62. The fraction of sp³-hybridized carbons (Fsp3) is 0.333. The Kier molecular flexibility index (Phi) is 3.92. The molecule has 1 heteroatoms. The van der Waals surface area contributed by atoms with Crippen LogP contribution in [0.4, 0.5) is 0 Å². The maximum absolute atomic E-state index is 6.04. The minimum absolute atomic E-state index is 0.0188. The van der Waals surface area contributed by atoms with Gasteiger partial charge in [-0.1, -0.05) is 85.3 Å². The summed E-state index contributed by atoms with van der Waals surface area (Å²) in [6, 6.07) is 21.6. The number of benzene rings is 2. The van der Waals surface area contributed by atoms with E-state index in [1.54, 1.807) is 0 Å². The molecule has 2 aromatic carbocycles. The number of methoxy groups -OCH3 is 1. The Morgan fingerprint density at radius 2 is 1.60 bits per heavy atom. The summed E-state index contributed by atoms with van der Waals surface area (Å²) in [7, 11) is 1.86. The monoisotopic (exact) mass is 330 g/mol. The van der Waals surface area contributed by atoms with Gasteiger partial charge in [0.25, 0.3) is 0 Å². The summed E-state index contributed by atoms with van der Waals surface area (Å²) in [5, 5.41) is 0. The fourth-order valence-corrected chi connectivity index (χ4v) is 4.83. The highest BCUT2D eigenvalue weighted by Crippen LogP contribution is 2.57. The third-order valence-electron chi connectivity index (χ3n) is 6.03. The maximum Gasteiger partial charge on any atom is 0.0761 e. The summed E-state index contributed by atoms with van der Waals surface area (Å²) in [6.45, 7) is 4.63. The van der Waals surface area contributed by atoms with Gasteiger partial charge in [-0.2, -0.15) is 0 Å². The van der Waals surface area contributed by atoms with Crippen molar-refractivity contribution in [3.8, 4) is 0 Å². The Hall–Kier alpha value is -2.12. The van der Waals surface area contributed by atoms with Crippen LogP contribution >= 0.6 is 0 Å². The molecule has 128 valence electrons. The highest BCUT2D eigenvalue weighted by molar-refractivity contribution is 5.76. The van der Waals surface area contributed by atoms with Crippen LogP contribution in [0.1, 0.15) is 31.4 Å². The Morgan fingerprint density at radius 3 is 2.20 bits per heavy atom. The van der Waals surface area contributed by atoms with Crippen molar-refractivity contribution < 1.29 is 4.74 Å². The van der Waals surface area contributed by atoms with Gasteiger partial charge < -0.3 is 4.74 Å². The Morgan fingerprint density at radius 1 is 0.960 bits per heavy atom. The van der Waals surface area contributed by atoms with Crippen LogP contribution in [0.25, 0.3) is 5.57 Å². The molecule has 0 unspecified atom stereocenters. The second-order valence-electron chi connectivity index (χ2n) is 7.92. The first-order chi connectivity index (χ1) is 12.0. The smallest absolute Gasteiger partial charge is 0.0761 e. The maximum atomic E-state index is 6.04. The molecule has 0 aliphatic heterocycles. The van der Waals surface area contributed by atoms with Gasteiger partial charge in [-0.25, -0.2) is 0 Å². The fourth-order valence-electron chi connectivity index (χ4n) is 4.83. The Labute approximate surface area is 151 Å². The molecule has 0 fully saturated rings. The molecule has 0 heterocycles. The van der Waals surface area contributed by atoms with Crippen molar-refractivity contribution in [1.82, 2.24) is 0 Å². The van der Waals surface area contributed by atoms with E-state index in [-0.39, 0.29) is 11.0 Å². The van der Waals surface area contributed by atoms with Gasteiger partial charge in [0.2, 0.25) is 0 Å². The molecule has 0 amide bonds. The molecule has 3 atom stereocenters. The lowest BCUT2D eigenvalue weighted by molar-refractivity contribution is -0.0506. The zero-order valence-corrected chi connectivity index (χ0v) is 15.3. The molecular weight excluding hydrogens is 304 g/mol. The summed E-state index contributed by atoms with van der Waals surface area (Å²) in [5.41, 5.74) is 5.53. The van der Waals surface area contributed by atoms with E-state index in [1.165, 1.54) is 22.3 Å². The van der Waals surface area contributed by atoms with Crippen molar-refractivity contribution >= 4 is 5.57 Å². The predicted molar refractivity (Wildman–Crippen MR) is 104 cm³/mol. The van der Waals surface area contributed by atoms with Crippen LogP contribution in [-0.4, -0.2) is 12.7 Å². The van der Waals surface area contributed by atoms with Crippen LogP contribution in [-0.2, 0) is 11.2 Å². The number of hydrogen-bond donors (Lipinski definition) is 0. The van der Waals surface area contributed by atoms with Crippen LogP contribution in [0.2, 0.25) is 0 Å². The van der Waals surface area contributed by atoms with E-state index in [0.717, 1.165) is 12.8 Å². The molecule has 0 saturated carbocycles.